The minimum absolute atomic E-state index is 0.249. The molecule has 1 saturated carbocycles. The Kier molecular flexibility index (Phi) is 4.04. The van der Waals surface area contributed by atoms with Gasteiger partial charge in [0, 0.05) is 31.4 Å². The van der Waals surface area contributed by atoms with Crippen LogP contribution in [0.1, 0.15) is 48.9 Å². The van der Waals surface area contributed by atoms with Crippen LogP contribution in [0.15, 0.2) is 28.1 Å². The molecule has 0 unspecified atom stereocenters. The number of hydrogen-bond donors (Lipinski definition) is 0. The smallest absolute Gasteiger partial charge is 0.167 e. The molecule has 0 atom stereocenters. The van der Waals surface area contributed by atoms with E-state index in [9.17, 15) is 4.79 Å². The highest BCUT2D eigenvalue weighted by molar-refractivity contribution is 9.10. The summed E-state index contributed by atoms with van der Waals surface area (Å²) in [6, 6.07) is 6.13. The number of carbonyl (C=O) groups excluding carboxylic acids is 1. The lowest BCUT2D eigenvalue weighted by Gasteiger charge is -2.12. The van der Waals surface area contributed by atoms with E-state index in [1.54, 1.807) is 11.3 Å². The van der Waals surface area contributed by atoms with E-state index < -0.39 is 0 Å². The number of carbonyl (C=O) groups is 1. The fraction of sp³-hybridized carbons (Fsp3) is 0.438. The van der Waals surface area contributed by atoms with Gasteiger partial charge < -0.3 is 0 Å². The number of thiophene rings is 1. The van der Waals surface area contributed by atoms with Gasteiger partial charge in [0.15, 0.2) is 5.78 Å². The van der Waals surface area contributed by atoms with Crippen molar-refractivity contribution in [3.63, 3.8) is 0 Å². The van der Waals surface area contributed by atoms with E-state index in [2.05, 4.69) is 22.0 Å². The molecule has 0 amide bonds. The first-order valence-corrected chi connectivity index (χ1v) is 8.64. The fourth-order valence-corrected chi connectivity index (χ4v) is 4.59. The van der Waals surface area contributed by atoms with Gasteiger partial charge in [0.2, 0.25) is 0 Å². The van der Waals surface area contributed by atoms with Gasteiger partial charge in [0.05, 0.1) is 0 Å². The number of rotatable bonds is 2. The second kappa shape index (κ2) is 5.76. The lowest BCUT2D eigenvalue weighted by molar-refractivity contribution is 0.0910. The Morgan fingerprint density at radius 2 is 1.89 bits per heavy atom. The molecule has 3 heteroatoms. The first kappa shape index (κ1) is 13.3. The molecule has 1 nitrogen and oxygen atoms in total. The van der Waals surface area contributed by atoms with E-state index in [0.717, 1.165) is 28.3 Å². The monoisotopic (exact) mass is 336 g/mol. The topological polar surface area (TPSA) is 17.1 Å². The number of ketones is 1. The second-order valence-electron chi connectivity index (χ2n) is 5.32. The standard InChI is InChI=1S/C16H17BrOS/c17-14-9-5-8-12-13(10-19-16(12)14)15(18)11-6-3-1-2-4-7-11/h5,8-11H,1-4,6-7H2. The first-order valence-electron chi connectivity index (χ1n) is 6.97. The Morgan fingerprint density at radius 3 is 2.63 bits per heavy atom. The predicted octanol–water partition coefficient (Wildman–Crippen LogP) is 5.82. The minimum Gasteiger partial charge on any atom is -0.294 e. The summed E-state index contributed by atoms with van der Waals surface area (Å²) in [5.41, 5.74) is 0.938. The summed E-state index contributed by atoms with van der Waals surface area (Å²) >= 11 is 5.24. The van der Waals surface area contributed by atoms with Crippen LogP contribution in [0, 0.1) is 5.92 Å². The van der Waals surface area contributed by atoms with Crippen LogP contribution in [0.25, 0.3) is 10.1 Å². The van der Waals surface area contributed by atoms with Gasteiger partial charge in [-0.05, 0) is 34.8 Å². The third-order valence-corrected chi connectivity index (χ3v) is 6.00. The molecule has 1 heterocycles. The molecule has 3 rings (SSSR count). The summed E-state index contributed by atoms with van der Waals surface area (Å²) in [6.07, 6.45) is 7.15. The molecule has 1 aromatic carbocycles. The van der Waals surface area contributed by atoms with E-state index >= 15 is 0 Å². The summed E-state index contributed by atoms with van der Waals surface area (Å²) < 4.78 is 2.29. The highest BCUT2D eigenvalue weighted by Gasteiger charge is 2.23. The van der Waals surface area contributed by atoms with Crippen molar-refractivity contribution in [2.24, 2.45) is 5.92 Å². The maximum absolute atomic E-state index is 12.7. The van der Waals surface area contributed by atoms with Crippen LogP contribution in [-0.4, -0.2) is 5.78 Å². The maximum atomic E-state index is 12.7. The minimum atomic E-state index is 0.249. The zero-order valence-electron chi connectivity index (χ0n) is 10.8. The van der Waals surface area contributed by atoms with Crippen LogP contribution in [0.5, 0.6) is 0 Å². The van der Waals surface area contributed by atoms with Crippen LogP contribution in [0.2, 0.25) is 0 Å². The molecule has 1 aromatic heterocycles. The Balaban J connectivity index is 1.95. The van der Waals surface area contributed by atoms with Crippen molar-refractivity contribution >= 4 is 43.1 Å². The van der Waals surface area contributed by atoms with Crippen LogP contribution < -0.4 is 0 Å². The number of Topliss-reactive ketones (excluding diaryl/α,β-unsaturated/α-hetero) is 1. The molecule has 0 bridgehead atoms. The highest BCUT2D eigenvalue weighted by atomic mass is 79.9. The average molecular weight is 337 g/mol. The van der Waals surface area contributed by atoms with Gasteiger partial charge in [-0.3, -0.25) is 4.79 Å². The van der Waals surface area contributed by atoms with Crippen LogP contribution in [0.3, 0.4) is 0 Å². The van der Waals surface area contributed by atoms with Gasteiger partial charge in [-0.15, -0.1) is 11.3 Å². The van der Waals surface area contributed by atoms with Crippen molar-refractivity contribution in [3.05, 3.63) is 33.6 Å². The lowest BCUT2D eigenvalue weighted by Crippen LogP contribution is -2.13. The SMILES string of the molecule is O=C(c1csc2c(Br)cccc12)C1CCCCCC1. The molecule has 19 heavy (non-hydrogen) atoms. The molecule has 0 N–H and O–H groups in total. The molecule has 0 aliphatic heterocycles. The number of benzene rings is 1. The summed E-state index contributed by atoms with van der Waals surface area (Å²) in [7, 11) is 0. The van der Waals surface area contributed by atoms with Crippen LogP contribution >= 0.6 is 27.3 Å². The molecule has 0 radical (unpaired) electrons. The Bertz CT molecular complexity index is 594. The zero-order chi connectivity index (χ0) is 13.2. The molecular formula is C16H17BrOS. The normalized spacial score (nSPS) is 17.5. The summed E-state index contributed by atoms with van der Waals surface area (Å²) in [6.45, 7) is 0. The van der Waals surface area contributed by atoms with Crippen LogP contribution in [-0.2, 0) is 0 Å². The van der Waals surface area contributed by atoms with Crippen molar-refractivity contribution in [2.75, 3.05) is 0 Å². The Labute approximate surface area is 126 Å². The third-order valence-electron chi connectivity index (χ3n) is 4.04. The van der Waals surface area contributed by atoms with Crippen molar-refractivity contribution in [1.82, 2.24) is 0 Å². The summed E-state index contributed by atoms with van der Waals surface area (Å²) in [5.74, 6) is 0.616. The predicted molar refractivity (Wildman–Crippen MR) is 85.0 cm³/mol. The van der Waals surface area contributed by atoms with Crippen molar-refractivity contribution in [3.8, 4) is 0 Å². The van der Waals surface area contributed by atoms with Crippen molar-refractivity contribution in [1.29, 1.82) is 0 Å². The van der Waals surface area contributed by atoms with E-state index in [-0.39, 0.29) is 5.92 Å². The average Bonchev–Trinajstić information content (AvgIpc) is 2.67. The van der Waals surface area contributed by atoms with Crippen LogP contribution in [0.4, 0.5) is 0 Å². The lowest BCUT2D eigenvalue weighted by atomic mass is 9.91. The Morgan fingerprint density at radius 1 is 1.16 bits per heavy atom. The van der Waals surface area contributed by atoms with Gasteiger partial charge in [0.25, 0.3) is 0 Å². The van der Waals surface area contributed by atoms with Crippen molar-refractivity contribution in [2.45, 2.75) is 38.5 Å². The molecule has 0 saturated heterocycles. The first-order chi connectivity index (χ1) is 9.27. The molecule has 0 spiro atoms. The summed E-state index contributed by atoms with van der Waals surface area (Å²) in [5, 5.41) is 3.16. The highest BCUT2D eigenvalue weighted by Crippen LogP contribution is 2.35. The summed E-state index contributed by atoms with van der Waals surface area (Å²) in [4.78, 5) is 12.7. The van der Waals surface area contributed by atoms with Gasteiger partial charge in [-0.2, -0.15) is 0 Å². The van der Waals surface area contributed by atoms with E-state index in [1.165, 1.54) is 30.4 Å². The third kappa shape index (κ3) is 2.63. The Hall–Kier alpha value is -0.670. The maximum Gasteiger partial charge on any atom is 0.167 e. The molecule has 2 aromatic rings. The van der Waals surface area contributed by atoms with Crippen molar-refractivity contribution < 1.29 is 4.79 Å². The molecule has 1 fully saturated rings. The molecule has 1 aliphatic rings. The van der Waals surface area contributed by atoms with E-state index in [4.69, 9.17) is 0 Å². The second-order valence-corrected chi connectivity index (χ2v) is 7.05. The molecule has 1 aliphatic carbocycles. The van der Waals surface area contributed by atoms with Gasteiger partial charge >= 0.3 is 0 Å². The largest absolute Gasteiger partial charge is 0.294 e. The zero-order valence-corrected chi connectivity index (χ0v) is 13.2. The number of hydrogen-bond acceptors (Lipinski definition) is 2. The van der Waals surface area contributed by atoms with Gasteiger partial charge in [0.1, 0.15) is 0 Å². The number of halogens is 1. The molecule has 100 valence electrons. The van der Waals surface area contributed by atoms with E-state index in [1.807, 2.05) is 17.5 Å². The molecular weight excluding hydrogens is 320 g/mol. The van der Waals surface area contributed by atoms with E-state index in [0.29, 0.717) is 5.78 Å². The quantitative estimate of drug-likeness (QED) is 0.499. The fourth-order valence-electron chi connectivity index (χ4n) is 2.97. The number of fused-ring (bicyclic) bond motifs is 1. The van der Waals surface area contributed by atoms with Gasteiger partial charge in [-0.1, -0.05) is 37.8 Å². The van der Waals surface area contributed by atoms with Gasteiger partial charge in [-0.25, -0.2) is 0 Å².